The van der Waals surface area contributed by atoms with Crippen molar-refractivity contribution < 1.29 is 4.42 Å². The topological polar surface area (TPSA) is 44.7 Å². The Hall–Kier alpha value is -1.33. The molecule has 1 aromatic carbocycles. The fourth-order valence-corrected chi connectivity index (χ4v) is 2.16. The number of fused-ring (bicyclic) bond motifs is 1. The molecule has 0 saturated heterocycles. The maximum atomic E-state index is 5.70. The molecule has 2 aromatic heterocycles. The van der Waals surface area contributed by atoms with E-state index in [0.717, 1.165) is 26.9 Å². The average molecular weight is 295 g/mol. The van der Waals surface area contributed by atoms with Crippen LogP contribution in [0.3, 0.4) is 0 Å². The zero-order valence-electron chi connectivity index (χ0n) is 8.08. The lowest BCUT2D eigenvalue weighted by molar-refractivity contribution is 0.629. The van der Waals surface area contributed by atoms with Gasteiger partial charge < -0.3 is 14.4 Å². The number of imidazole rings is 1. The lowest BCUT2D eigenvalue weighted by atomic mass is 10.2. The van der Waals surface area contributed by atoms with Gasteiger partial charge in [0.1, 0.15) is 5.58 Å². The summed E-state index contributed by atoms with van der Waals surface area (Å²) in [7, 11) is 0. The van der Waals surface area contributed by atoms with Gasteiger partial charge in [0.25, 0.3) is 0 Å². The summed E-state index contributed by atoms with van der Waals surface area (Å²) in [5.41, 5.74) is 1.72. The van der Waals surface area contributed by atoms with E-state index in [1.165, 1.54) is 0 Å². The number of rotatable bonds is 1. The van der Waals surface area contributed by atoms with Crippen LogP contribution in [-0.4, -0.2) is 9.97 Å². The van der Waals surface area contributed by atoms with Crippen LogP contribution in [0.4, 0.5) is 0 Å². The van der Waals surface area contributed by atoms with Crippen molar-refractivity contribution in [3.05, 3.63) is 39.7 Å². The Balaban J connectivity index is 2.22. The summed E-state index contributed by atoms with van der Waals surface area (Å²) in [6.45, 7) is 0. The molecule has 0 unspecified atom stereocenters. The zero-order valence-corrected chi connectivity index (χ0v) is 10.5. The third-order valence-corrected chi connectivity index (χ3v) is 3.05. The first-order chi connectivity index (χ1) is 7.72. The van der Waals surface area contributed by atoms with E-state index in [1.807, 2.05) is 24.3 Å². The molecule has 0 bridgehead atoms. The summed E-state index contributed by atoms with van der Waals surface area (Å²) in [5, 5.41) is 1.06. The van der Waals surface area contributed by atoms with Crippen LogP contribution in [-0.2, 0) is 0 Å². The molecule has 0 fully saturated rings. The zero-order chi connectivity index (χ0) is 11.1. The van der Waals surface area contributed by atoms with Gasteiger partial charge in [0.05, 0.1) is 5.69 Å². The van der Waals surface area contributed by atoms with Gasteiger partial charge >= 0.3 is 0 Å². The first-order valence-electron chi connectivity index (χ1n) is 4.69. The quantitative estimate of drug-likeness (QED) is 0.659. The molecule has 0 aliphatic heterocycles. The van der Waals surface area contributed by atoms with E-state index in [9.17, 15) is 0 Å². The molecule has 2 heterocycles. The molecule has 0 amide bonds. The molecular weight excluding hydrogens is 288 g/mol. The SMILES string of the molecule is S=c1[nH]cc(-c2cc3cc(Br)ccc3o2)[nH]1. The number of benzene rings is 1. The van der Waals surface area contributed by atoms with E-state index < -0.39 is 0 Å². The Morgan fingerprint density at radius 1 is 1.25 bits per heavy atom. The van der Waals surface area contributed by atoms with E-state index in [1.54, 1.807) is 6.20 Å². The molecule has 0 saturated carbocycles. The van der Waals surface area contributed by atoms with E-state index in [0.29, 0.717) is 4.77 Å². The molecule has 0 spiro atoms. The maximum absolute atomic E-state index is 5.70. The Bertz CT molecular complexity index is 710. The van der Waals surface area contributed by atoms with Gasteiger partial charge in [-0.15, -0.1) is 0 Å². The second-order valence-corrected chi connectivity index (χ2v) is 4.77. The Kier molecular flexibility index (Phi) is 2.22. The predicted octanol–water partition coefficient (Wildman–Crippen LogP) is 4.25. The minimum absolute atomic E-state index is 0.594. The van der Waals surface area contributed by atoms with Crippen LogP contribution in [0.1, 0.15) is 0 Å². The van der Waals surface area contributed by atoms with Crippen LogP contribution < -0.4 is 0 Å². The maximum Gasteiger partial charge on any atom is 0.175 e. The van der Waals surface area contributed by atoms with Crippen molar-refractivity contribution in [3.63, 3.8) is 0 Å². The molecule has 2 N–H and O–H groups in total. The van der Waals surface area contributed by atoms with Gasteiger partial charge in [-0.1, -0.05) is 15.9 Å². The summed E-state index contributed by atoms with van der Waals surface area (Å²) in [4.78, 5) is 5.93. The van der Waals surface area contributed by atoms with Crippen molar-refractivity contribution in [3.8, 4) is 11.5 Å². The average Bonchev–Trinajstić information content (AvgIpc) is 2.83. The van der Waals surface area contributed by atoms with Crippen LogP contribution >= 0.6 is 28.1 Å². The molecule has 0 radical (unpaired) electrons. The normalized spacial score (nSPS) is 11.1. The largest absolute Gasteiger partial charge is 0.454 e. The third kappa shape index (κ3) is 1.62. The second-order valence-electron chi connectivity index (χ2n) is 3.45. The number of hydrogen-bond acceptors (Lipinski definition) is 2. The van der Waals surface area contributed by atoms with E-state index in [2.05, 4.69) is 25.9 Å². The van der Waals surface area contributed by atoms with Gasteiger partial charge in [-0.3, -0.25) is 0 Å². The number of H-pyrrole nitrogens is 2. The molecule has 0 aliphatic rings. The van der Waals surface area contributed by atoms with Crippen molar-refractivity contribution >= 4 is 39.1 Å². The summed E-state index contributed by atoms with van der Waals surface area (Å²) in [6, 6.07) is 7.89. The standard InChI is InChI=1S/C11H7BrN2OS/c12-7-1-2-9-6(3-7)4-10(15-9)8-5-13-11(16)14-8/h1-5H,(H2,13,14,16). The molecule has 3 aromatic rings. The lowest BCUT2D eigenvalue weighted by Gasteiger charge is -1.88. The fraction of sp³-hybridized carbons (Fsp3) is 0. The van der Waals surface area contributed by atoms with Gasteiger partial charge in [-0.2, -0.15) is 0 Å². The van der Waals surface area contributed by atoms with Crippen LogP contribution in [0.5, 0.6) is 0 Å². The molecule has 3 nitrogen and oxygen atoms in total. The molecule has 5 heteroatoms. The Labute approximate surface area is 105 Å². The van der Waals surface area contributed by atoms with Gasteiger partial charge in [0, 0.05) is 16.1 Å². The van der Waals surface area contributed by atoms with Crippen LogP contribution in [0.15, 0.2) is 39.4 Å². The highest BCUT2D eigenvalue weighted by atomic mass is 79.9. The van der Waals surface area contributed by atoms with Crippen LogP contribution in [0.25, 0.3) is 22.4 Å². The fourth-order valence-electron chi connectivity index (χ4n) is 1.61. The first-order valence-corrected chi connectivity index (χ1v) is 5.90. The Morgan fingerprint density at radius 2 is 2.12 bits per heavy atom. The monoisotopic (exact) mass is 294 g/mol. The molecule has 16 heavy (non-hydrogen) atoms. The van der Waals surface area contributed by atoms with Crippen LogP contribution in [0, 0.1) is 4.77 Å². The second kappa shape index (κ2) is 3.61. The summed E-state index contributed by atoms with van der Waals surface area (Å²) in [6.07, 6.45) is 1.80. The number of aromatic amines is 2. The first kappa shape index (κ1) is 9.86. The molecular formula is C11H7BrN2OS. The van der Waals surface area contributed by atoms with Gasteiger partial charge in [0.2, 0.25) is 0 Å². The highest BCUT2D eigenvalue weighted by Gasteiger charge is 2.07. The van der Waals surface area contributed by atoms with E-state index in [4.69, 9.17) is 16.6 Å². The van der Waals surface area contributed by atoms with Gasteiger partial charge in [-0.25, -0.2) is 0 Å². The van der Waals surface area contributed by atoms with Crippen molar-refractivity contribution in [2.24, 2.45) is 0 Å². The summed E-state index contributed by atoms with van der Waals surface area (Å²) < 4.78 is 7.33. The van der Waals surface area contributed by atoms with Crippen molar-refractivity contribution in [1.82, 2.24) is 9.97 Å². The van der Waals surface area contributed by atoms with E-state index in [-0.39, 0.29) is 0 Å². The number of hydrogen-bond donors (Lipinski definition) is 2. The van der Waals surface area contributed by atoms with Gasteiger partial charge in [-0.05, 0) is 36.5 Å². The van der Waals surface area contributed by atoms with Gasteiger partial charge in [0.15, 0.2) is 10.5 Å². The van der Waals surface area contributed by atoms with Crippen molar-refractivity contribution in [2.45, 2.75) is 0 Å². The predicted molar refractivity (Wildman–Crippen MR) is 68.9 cm³/mol. The highest BCUT2D eigenvalue weighted by molar-refractivity contribution is 9.10. The summed E-state index contributed by atoms with van der Waals surface area (Å²) in [5.74, 6) is 0.778. The molecule has 80 valence electrons. The molecule has 0 atom stereocenters. The number of nitrogens with one attached hydrogen (secondary N) is 2. The number of furan rings is 1. The highest BCUT2D eigenvalue weighted by Crippen LogP contribution is 2.28. The number of aromatic nitrogens is 2. The van der Waals surface area contributed by atoms with Crippen molar-refractivity contribution in [2.75, 3.05) is 0 Å². The number of halogens is 1. The Morgan fingerprint density at radius 3 is 2.88 bits per heavy atom. The van der Waals surface area contributed by atoms with Crippen LogP contribution in [0.2, 0.25) is 0 Å². The summed E-state index contributed by atoms with van der Waals surface area (Å²) >= 11 is 8.40. The third-order valence-electron chi connectivity index (χ3n) is 2.34. The molecule has 0 aliphatic carbocycles. The van der Waals surface area contributed by atoms with Crippen molar-refractivity contribution in [1.29, 1.82) is 0 Å². The smallest absolute Gasteiger partial charge is 0.175 e. The minimum Gasteiger partial charge on any atom is -0.454 e. The lowest BCUT2D eigenvalue weighted by Crippen LogP contribution is -1.69. The minimum atomic E-state index is 0.594. The van der Waals surface area contributed by atoms with E-state index >= 15 is 0 Å². The molecule has 3 rings (SSSR count).